The van der Waals surface area contributed by atoms with E-state index >= 15 is 0 Å². The van der Waals surface area contributed by atoms with Crippen molar-refractivity contribution in [1.29, 1.82) is 0 Å². The van der Waals surface area contributed by atoms with Gasteiger partial charge in [-0.15, -0.1) is 0 Å². The number of hydrogen-bond acceptors (Lipinski definition) is 3. The largest absolute Gasteiger partial charge is 0.394 e. The van der Waals surface area contributed by atoms with Gasteiger partial charge in [0.05, 0.1) is 12.7 Å². The van der Waals surface area contributed by atoms with E-state index in [1.54, 1.807) is 0 Å². The second-order valence-electron chi connectivity index (χ2n) is 4.08. The monoisotopic (exact) mass is 187 g/mol. The molecule has 0 radical (unpaired) electrons. The molecule has 3 nitrogen and oxygen atoms in total. The summed E-state index contributed by atoms with van der Waals surface area (Å²) < 4.78 is 0. The van der Waals surface area contributed by atoms with E-state index in [1.165, 1.54) is 25.7 Å². The maximum Gasteiger partial charge on any atom is 0.0895 e. The van der Waals surface area contributed by atoms with Gasteiger partial charge in [-0.05, 0) is 25.7 Å². The number of aliphatic hydroxyl groups is 2. The molecule has 1 aliphatic rings. The van der Waals surface area contributed by atoms with Gasteiger partial charge in [0.25, 0.3) is 0 Å². The second-order valence-corrected chi connectivity index (χ2v) is 4.08. The summed E-state index contributed by atoms with van der Waals surface area (Å²) in [5.41, 5.74) is 0. The van der Waals surface area contributed by atoms with Gasteiger partial charge in [0.15, 0.2) is 0 Å². The van der Waals surface area contributed by atoms with Crippen LogP contribution in [0.1, 0.15) is 32.6 Å². The lowest BCUT2D eigenvalue weighted by atomic mass is 10.00. The maximum absolute atomic E-state index is 9.14. The van der Waals surface area contributed by atoms with Crippen LogP contribution in [0.15, 0.2) is 0 Å². The summed E-state index contributed by atoms with van der Waals surface area (Å²) >= 11 is 0. The zero-order valence-electron chi connectivity index (χ0n) is 8.37. The first-order valence-corrected chi connectivity index (χ1v) is 5.26. The molecule has 1 rings (SSSR count). The number of aliphatic hydroxyl groups excluding tert-OH is 2. The molecule has 0 bridgehead atoms. The van der Waals surface area contributed by atoms with Gasteiger partial charge < -0.3 is 15.5 Å². The Balaban J connectivity index is 2.12. The second kappa shape index (κ2) is 5.58. The van der Waals surface area contributed by atoms with Gasteiger partial charge in [-0.3, -0.25) is 0 Å². The minimum Gasteiger partial charge on any atom is -0.394 e. The van der Waals surface area contributed by atoms with Crippen LogP contribution < -0.4 is 5.32 Å². The molecule has 1 unspecified atom stereocenters. The van der Waals surface area contributed by atoms with Crippen molar-refractivity contribution in [2.24, 2.45) is 5.92 Å². The molecule has 0 aromatic carbocycles. The Kier molecular flexibility index (Phi) is 4.70. The molecular formula is C10H21NO2. The third-order valence-electron chi connectivity index (χ3n) is 2.99. The topological polar surface area (TPSA) is 52.5 Å². The highest BCUT2D eigenvalue weighted by molar-refractivity contribution is 4.77. The van der Waals surface area contributed by atoms with E-state index in [2.05, 4.69) is 12.2 Å². The Labute approximate surface area is 80.2 Å². The Hall–Kier alpha value is -0.120. The first-order valence-electron chi connectivity index (χ1n) is 5.26. The lowest BCUT2D eigenvalue weighted by Crippen LogP contribution is -2.38. The summed E-state index contributed by atoms with van der Waals surface area (Å²) in [7, 11) is 0. The fourth-order valence-corrected chi connectivity index (χ4v) is 2.01. The van der Waals surface area contributed by atoms with Gasteiger partial charge >= 0.3 is 0 Å². The van der Waals surface area contributed by atoms with Crippen molar-refractivity contribution in [3.63, 3.8) is 0 Å². The van der Waals surface area contributed by atoms with Crippen LogP contribution in [-0.4, -0.2) is 35.5 Å². The van der Waals surface area contributed by atoms with Crippen LogP contribution in [0, 0.1) is 5.92 Å². The van der Waals surface area contributed by atoms with Gasteiger partial charge in [-0.2, -0.15) is 0 Å². The molecule has 0 aromatic rings. The van der Waals surface area contributed by atoms with Crippen molar-refractivity contribution >= 4 is 0 Å². The Morgan fingerprint density at radius 1 is 1.38 bits per heavy atom. The predicted molar refractivity (Wildman–Crippen MR) is 52.5 cm³/mol. The third-order valence-corrected chi connectivity index (χ3v) is 2.99. The lowest BCUT2D eigenvalue weighted by Gasteiger charge is -2.21. The minimum atomic E-state index is -0.608. The highest BCUT2D eigenvalue weighted by Gasteiger charge is 2.21. The van der Waals surface area contributed by atoms with Crippen LogP contribution >= 0.6 is 0 Å². The van der Waals surface area contributed by atoms with E-state index in [4.69, 9.17) is 10.2 Å². The average molecular weight is 187 g/mol. The van der Waals surface area contributed by atoms with Gasteiger partial charge in [-0.25, -0.2) is 0 Å². The maximum atomic E-state index is 9.14. The van der Waals surface area contributed by atoms with E-state index in [1.807, 2.05) is 0 Å². The van der Waals surface area contributed by atoms with Crippen LogP contribution in [0.2, 0.25) is 0 Å². The zero-order valence-corrected chi connectivity index (χ0v) is 8.37. The molecule has 1 aliphatic carbocycles. The highest BCUT2D eigenvalue weighted by Crippen LogP contribution is 2.27. The molecule has 0 saturated heterocycles. The van der Waals surface area contributed by atoms with E-state index in [0.717, 1.165) is 5.92 Å². The van der Waals surface area contributed by atoms with Crippen LogP contribution in [0.3, 0.4) is 0 Å². The molecule has 3 heteroatoms. The number of nitrogens with one attached hydrogen (secondary N) is 1. The van der Waals surface area contributed by atoms with Crippen molar-refractivity contribution in [3.8, 4) is 0 Å². The molecule has 0 spiro atoms. The van der Waals surface area contributed by atoms with Crippen molar-refractivity contribution in [1.82, 2.24) is 5.32 Å². The smallest absolute Gasteiger partial charge is 0.0895 e. The van der Waals surface area contributed by atoms with E-state index in [-0.39, 0.29) is 6.61 Å². The third kappa shape index (κ3) is 3.63. The SMILES string of the molecule is C[C@H](NCC(O)CO)C1CCCC1. The zero-order chi connectivity index (χ0) is 9.68. The van der Waals surface area contributed by atoms with Crippen molar-refractivity contribution in [2.75, 3.05) is 13.2 Å². The predicted octanol–water partition coefficient (Wildman–Crippen LogP) is 0.508. The van der Waals surface area contributed by atoms with Crippen molar-refractivity contribution in [3.05, 3.63) is 0 Å². The molecule has 0 amide bonds. The Bertz CT molecular complexity index is 135. The van der Waals surface area contributed by atoms with Crippen LogP contribution in [-0.2, 0) is 0 Å². The van der Waals surface area contributed by atoms with Crippen molar-refractivity contribution in [2.45, 2.75) is 44.8 Å². The molecule has 0 heterocycles. The highest BCUT2D eigenvalue weighted by atomic mass is 16.3. The first-order chi connectivity index (χ1) is 6.24. The molecule has 0 aromatic heterocycles. The first kappa shape index (κ1) is 11.0. The minimum absolute atomic E-state index is 0.148. The van der Waals surface area contributed by atoms with Crippen LogP contribution in [0.5, 0.6) is 0 Å². The van der Waals surface area contributed by atoms with Crippen molar-refractivity contribution < 1.29 is 10.2 Å². The van der Waals surface area contributed by atoms with E-state index in [9.17, 15) is 0 Å². The van der Waals surface area contributed by atoms with Gasteiger partial charge in [0.1, 0.15) is 0 Å². The normalized spacial score (nSPS) is 23.3. The van der Waals surface area contributed by atoms with E-state index in [0.29, 0.717) is 12.6 Å². The molecule has 2 atom stereocenters. The van der Waals surface area contributed by atoms with Crippen LogP contribution in [0.4, 0.5) is 0 Å². The molecule has 1 saturated carbocycles. The van der Waals surface area contributed by atoms with Gasteiger partial charge in [-0.1, -0.05) is 12.8 Å². The van der Waals surface area contributed by atoms with Crippen LogP contribution in [0.25, 0.3) is 0 Å². The summed E-state index contributed by atoms with van der Waals surface area (Å²) in [6.45, 7) is 2.53. The molecule has 1 fully saturated rings. The molecular weight excluding hydrogens is 166 g/mol. The number of hydrogen-bond donors (Lipinski definition) is 3. The van der Waals surface area contributed by atoms with Gasteiger partial charge in [0.2, 0.25) is 0 Å². The standard InChI is InChI=1S/C10H21NO2/c1-8(9-4-2-3-5-9)11-6-10(13)7-12/h8-13H,2-7H2,1H3/t8-,10?/m0/s1. The molecule has 13 heavy (non-hydrogen) atoms. The summed E-state index contributed by atoms with van der Waals surface area (Å²) in [5.74, 6) is 0.769. The molecule has 3 N–H and O–H groups in total. The summed E-state index contributed by atoms with van der Waals surface area (Å²) in [5, 5.41) is 21.0. The summed E-state index contributed by atoms with van der Waals surface area (Å²) in [6.07, 6.45) is 4.70. The average Bonchev–Trinajstić information content (AvgIpc) is 2.66. The lowest BCUT2D eigenvalue weighted by molar-refractivity contribution is 0.0903. The molecule has 78 valence electrons. The molecule has 0 aliphatic heterocycles. The quantitative estimate of drug-likeness (QED) is 0.588. The Morgan fingerprint density at radius 2 is 2.00 bits per heavy atom. The van der Waals surface area contributed by atoms with Gasteiger partial charge in [0, 0.05) is 12.6 Å². The Morgan fingerprint density at radius 3 is 2.54 bits per heavy atom. The van der Waals surface area contributed by atoms with E-state index < -0.39 is 6.10 Å². The fourth-order valence-electron chi connectivity index (χ4n) is 2.01. The summed E-state index contributed by atoms with van der Waals surface area (Å²) in [6, 6.07) is 0.476. The number of rotatable bonds is 5. The fraction of sp³-hybridized carbons (Fsp3) is 1.00. The summed E-state index contributed by atoms with van der Waals surface area (Å²) in [4.78, 5) is 0.